The highest BCUT2D eigenvalue weighted by molar-refractivity contribution is 7.99. The van der Waals surface area contributed by atoms with Crippen LogP contribution in [-0.2, 0) is 0 Å². The molecule has 19 heavy (non-hydrogen) atoms. The van der Waals surface area contributed by atoms with Crippen molar-refractivity contribution in [1.82, 2.24) is 5.32 Å². The third kappa shape index (κ3) is 4.98. The molecule has 110 valence electrons. The summed E-state index contributed by atoms with van der Waals surface area (Å²) in [5, 5.41) is 22.5. The van der Waals surface area contributed by atoms with Crippen LogP contribution in [0.25, 0.3) is 0 Å². The summed E-state index contributed by atoms with van der Waals surface area (Å²) in [6, 6.07) is 2.92. The van der Waals surface area contributed by atoms with Gasteiger partial charge in [0, 0.05) is 17.9 Å². The lowest BCUT2D eigenvalue weighted by Crippen LogP contribution is -2.50. The Morgan fingerprint density at radius 1 is 1.47 bits per heavy atom. The number of nitrogens with zero attached hydrogens (tertiary/aromatic N) is 1. The molecule has 0 aromatic heterocycles. The third-order valence-electron chi connectivity index (χ3n) is 3.97. The highest BCUT2D eigenvalue weighted by atomic mass is 32.2. The molecule has 0 amide bonds. The van der Waals surface area contributed by atoms with Gasteiger partial charge in [0.1, 0.15) is 5.54 Å². The first-order valence-electron chi connectivity index (χ1n) is 7.45. The topological polar surface area (TPSA) is 56.0 Å². The van der Waals surface area contributed by atoms with E-state index in [0.717, 1.165) is 31.4 Å². The number of thioether (sulfide) groups is 1. The molecule has 1 aliphatic rings. The van der Waals surface area contributed by atoms with Gasteiger partial charge in [-0.05, 0) is 51.2 Å². The Balaban J connectivity index is 2.45. The van der Waals surface area contributed by atoms with Gasteiger partial charge in [0.05, 0.1) is 6.07 Å². The van der Waals surface area contributed by atoms with Crippen molar-refractivity contribution in [1.29, 1.82) is 5.26 Å². The molecular weight excluding hydrogens is 256 g/mol. The van der Waals surface area contributed by atoms with E-state index in [4.69, 9.17) is 5.11 Å². The molecule has 1 aliphatic carbocycles. The highest BCUT2D eigenvalue weighted by Crippen LogP contribution is 2.38. The number of aliphatic hydroxyl groups excluding tert-OH is 1. The zero-order valence-electron chi connectivity index (χ0n) is 12.5. The maximum atomic E-state index is 9.58. The van der Waals surface area contributed by atoms with Crippen molar-refractivity contribution in [2.75, 3.05) is 12.4 Å². The lowest BCUT2D eigenvalue weighted by molar-refractivity contribution is 0.287. The van der Waals surface area contributed by atoms with E-state index in [1.807, 2.05) is 11.8 Å². The highest BCUT2D eigenvalue weighted by Gasteiger charge is 2.42. The van der Waals surface area contributed by atoms with E-state index in [1.165, 1.54) is 6.42 Å². The average Bonchev–Trinajstić information content (AvgIpc) is 2.72. The molecule has 1 fully saturated rings. The van der Waals surface area contributed by atoms with E-state index >= 15 is 0 Å². The molecule has 0 aromatic carbocycles. The van der Waals surface area contributed by atoms with Crippen molar-refractivity contribution in [3.8, 4) is 6.07 Å². The standard InChI is InChI=1S/C15H28N2OS/c1-12(2)17-15(11-16)8-4-5-14(15)7-10-19-13(3)6-9-18/h12-14,17-18H,4-10H2,1-3H3. The smallest absolute Gasteiger partial charge is 0.109 e. The van der Waals surface area contributed by atoms with Crippen molar-refractivity contribution >= 4 is 11.8 Å². The summed E-state index contributed by atoms with van der Waals surface area (Å²) in [7, 11) is 0. The fourth-order valence-corrected chi connectivity index (χ4v) is 4.12. The lowest BCUT2D eigenvalue weighted by atomic mass is 9.86. The van der Waals surface area contributed by atoms with Crippen LogP contribution in [0, 0.1) is 17.2 Å². The Bertz CT molecular complexity index is 303. The molecule has 1 rings (SSSR count). The molecule has 0 saturated heterocycles. The predicted octanol–water partition coefficient (Wildman–Crippen LogP) is 2.94. The summed E-state index contributed by atoms with van der Waals surface area (Å²) in [5.41, 5.74) is -0.297. The fourth-order valence-electron chi connectivity index (χ4n) is 3.03. The first-order chi connectivity index (χ1) is 9.04. The van der Waals surface area contributed by atoms with E-state index in [1.54, 1.807) is 0 Å². The molecule has 4 heteroatoms. The van der Waals surface area contributed by atoms with Crippen LogP contribution in [0.3, 0.4) is 0 Å². The molecule has 0 bridgehead atoms. The molecule has 1 saturated carbocycles. The second-order valence-electron chi connectivity index (χ2n) is 5.95. The van der Waals surface area contributed by atoms with Gasteiger partial charge in [-0.15, -0.1) is 0 Å². The molecule has 3 unspecified atom stereocenters. The fraction of sp³-hybridized carbons (Fsp3) is 0.933. The molecule has 3 atom stereocenters. The summed E-state index contributed by atoms with van der Waals surface area (Å²) in [5.74, 6) is 1.57. The molecule has 0 radical (unpaired) electrons. The van der Waals surface area contributed by atoms with Crippen LogP contribution < -0.4 is 5.32 Å². The van der Waals surface area contributed by atoms with Gasteiger partial charge >= 0.3 is 0 Å². The number of nitriles is 1. The number of rotatable bonds is 8. The quantitative estimate of drug-likeness (QED) is 0.719. The molecule has 0 heterocycles. The van der Waals surface area contributed by atoms with Crippen LogP contribution >= 0.6 is 11.8 Å². The van der Waals surface area contributed by atoms with Gasteiger partial charge < -0.3 is 5.11 Å². The minimum absolute atomic E-state index is 0.272. The van der Waals surface area contributed by atoms with Crippen molar-refractivity contribution in [3.63, 3.8) is 0 Å². The van der Waals surface area contributed by atoms with Crippen molar-refractivity contribution in [2.24, 2.45) is 5.92 Å². The Kier molecular flexibility index (Phi) is 7.20. The van der Waals surface area contributed by atoms with Gasteiger partial charge in [-0.3, -0.25) is 5.32 Å². The minimum atomic E-state index is -0.297. The van der Waals surface area contributed by atoms with Crippen molar-refractivity contribution in [3.05, 3.63) is 0 Å². The van der Waals surface area contributed by atoms with Crippen LogP contribution in [0.4, 0.5) is 0 Å². The summed E-state index contributed by atoms with van der Waals surface area (Å²) >= 11 is 1.92. The van der Waals surface area contributed by atoms with E-state index < -0.39 is 0 Å². The van der Waals surface area contributed by atoms with Gasteiger partial charge in [-0.2, -0.15) is 17.0 Å². The van der Waals surface area contributed by atoms with Crippen LogP contribution in [0.2, 0.25) is 0 Å². The van der Waals surface area contributed by atoms with Crippen molar-refractivity contribution < 1.29 is 5.11 Å². The summed E-state index contributed by atoms with van der Waals surface area (Å²) in [6.45, 7) is 6.67. The maximum Gasteiger partial charge on any atom is 0.109 e. The second-order valence-corrected chi connectivity index (χ2v) is 7.50. The number of nitrogens with one attached hydrogen (secondary N) is 1. The van der Waals surface area contributed by atoms with Gasteiger partial charge in [-0.25, -0.2) is 0 Å². The van der Waals surface area contributed by atoms with E-state index in [0.29, 0.717) is 17.2 Å². The zero-order chi connectivity index (χ0) is 14.3. The number of aliphatic hydroxyl groups is 1. The number of hydrogen-bond acceptors (Lipinski definition) is 4. The second kappa shape index (κ2) is 8.14. The van der Waals surface area contributed by atoms with Crippen molar-refractivity contribution in [2.45, 2.75) is 69.7 Å². The summed E-state index contributed by atoms with van der Waals surface area (Å²) in [6.07, 6.45) is 5.29. The Hall–Kier alpha value is -0.240. The zero-order valence-corrected chi connectivity index (χ0v) is 13.3. The first kappa shape index (κ1) is 16.8. The molecular formula is C15H28N2OS. The Labute approximate surface area is 122 Å². The van der Waals surface area contributed by atoms with Crippen LogP contribution in [0.15, 0.2) is 0 Å². The predicted molar refractivity (Wildman–Crippen MR) is 82.2 cm³/mol. The van der Waals surface area contributed by atoms with E-state index in [9.17, 15) is 5.26 Å². The molecule has 2 N–H and O–H groups in total. The van der Waals surface area contributed by atoms with Crippen LogP contribution in [-0.4, -0.2) is 34.3 Å². The largest absolute Gasteiger partial charge is 0.396 e. The third-order valence-corrected chi connectivity index (χ3v) is 5.25. The Morgan fingerprint density at radius 2 is 2.21 bits per heavy atom. The molecule has 3 nitrogen and oxygen atoms in total. The van der Waals surface area contributed by atoms with Gasteiger partial charge in [-0.1, -0.05) is 13.3 Å². The lowest BCUT2D eigenvalue weighted by Gasteiger charge is -2.32. The summed E-state index contributed by atoms with van der Waals surface area (Å²) < 4.78 is 0. The van der Waals surface area contributed by atoms with Gasteiger partial charge in [0.2, 0.25) is 0 Å². The van der Waals surface area contributed by atoms with Crippen LogP contribution in [0.1, 0.15) is 52.9 Å². The summed E-state index contributed by atoms with van der Waals surface area (Å²) in [4.78, 5) is 0. The monoisotopic (exact) mass is 284 g/mol. The molecule has 0 spiro atoms. The van der Waals surface area contributed by atoms with Gasteiger partial charge in [0.25, 0.3) is 0 Å². The molecule has 0 aromatic rings. The van der Waals surface area contributed by atoms with Gasteiger partial charge in [0.15, 0.2) is 0 Å². The SMILES string of the molecule is CC(C)NC1(C#N)CCCC1CCSC(C)CCO. The normalized spacial score (nSPS) is 28.5. The first-order valence-corrected chi connectivity index (χ1v) is 8.50. The Morgan fingerprint density at radius 3 is 2.79 bits per heavy atom. The number of hydrogen-bond donors (Lipinski definition) is 2. The van der Waals surface area contributed by atoms with E-state index in [2.05, 4.69) is 32.2 Å². The average molecular weight is 284 g/mol. The minimum Gasteiger partial charge on any atom is -0.396 e. The van der Waals surface area contributed by atoms with E-state index in [-0.39, 0.29) is 12.1 Å². The van der Waals surface area contributed by atoms with Crippen LogP contribution in [0.5, 0.6) is 0 Å². The maximum absolute atomic E-state index is 9.58. The molecule has 0 aliphatic heterocycles.